The number of aromatic nitrogens is 2. The van der Waals surface area contributed by atoms with Gasteiger partial charge in [-0.3, -0.25) is 0 Å². The maximum Gasteiger partial charge on any atom is 0.0948 e. The van der Waals surface area contributed by atoms with Crippen LogP contribution >= 0.6 is 12.4 Å². The average Bonchev–Trinajstić information content (AvgIpc) is 2.52. The highest BCUT2D eigenvalue weighted by molar-refractivity contribution is 5.85. The topological polar surface area (TPSA) is 17.8 Å². The van der Waals surface area contributed by atoms with Crippen molar-refractivity contribution in [3.63, 3.8) is 0 Å². The lowest BCUT2D eigenvalue weighted by molar-refractivity contribution is 0.485. The molecule has 0 aliphatic heterocycles. The van der Waals surface area contributed by atoms with E-state index in [1.165, 1.54) is 19.3 Å². The molecule has 1 rings (SSSR count). The van der Waals surface area contributed by atoms with Gasteiger partial charge in [-0.05, 0) is 13.3 Å². The molecule has 0 spiro atoms. The number of nitrogens with zero attached hydrogens (tertiary/aromatic N) is 2. The molecular weight excluding hydrogens is 172 g/mol. The summed E-state index contributed by atoms with van der Waals surface area (Å²) in [5.41, 5.74) is 0. The first-order valence-electron chi connectivity index (χ1n) is 4.32. The summed E-state index contributed by atoms with van der Waals surface area (Å²) in [6.45, 7) is 4.46. The highest BCUT2D eigenvalue weighted by atomic mass is 35.5. The monoisotopic (exact) mass is 188 g/mol. The van der Waals surface area contributed by atoms with E-state index in [2.05, 4.69) is 23.4 Å². The van der Waals surface area contributed by atoms with Crippen molar-refractivity contribution in [3.05, 3.63) is 18.7 Å². The highest BCUT2D eigenvalue weighted by Gasteiger charge is 2.00. The van der Waals surface area contributed by atoms with Gasteiger partial charge in [0.05, 0.1) is 6.33 Å². The molecule has 0 radical (unpaired) electrons. The van der Waals surface area contributed by atoms with Crippen LogP contribution in [0, 0.1) is 0 Å². The standard InChI is InChI=1S/C9H16N2.ClH/c1-3-4-5-9(2)11-7-6-10-8-11;/h6-9H,3-5H2,1-2H3;1H. The normalized spacial score (nSPS) is 12.2. The molecule has 0 fully saturated rings. The predicted octanol–water partition coefficient (Wildman–Crippen LogP) is 3.06. The van der Waals surface area contributed by atoms with Crippen LogP contribution < -0.4 is 0 Å². The van der Waals surface area contributed by atoms with Crippen molar-refractivity contribution in [1.29, 1.82) is 0 Å². The lowest BCUT2D eigenvalue weighted by atomic mass is 10.1. The summed E-state index contributed by atoms with van der Waals surface area (Å²) in [5.74, 6) is 0. The third-order valence-electron chi connectivity index (χ3n) is 2.01. The van der Waals surface area contributed by atoms with E-state index in [1.807, 2.05) is 18.7 Å². The number of hydrogen-bond donors (Lipinski definition) is 0. The van der Waals surface area contributed by atoms with Crippen molar-refractivity contribution in [3.8, 4) is 0 Å². The summed E-state index contributed by atoms with van der Waals surface area (Å²) in [6.07, 6.45) is 9.59. The molecule has 70 valence electrons. The molecule has 1 atom stereocenters. The minimum atomic E-state index is 0. The van der Waals surface area contributed by atoms with Crippen LogP contribution in [0.3, 0.4) is 0 Å². The lowest BCUT2D eigenvalue weighted by Gasteiger charge is -2.11. The number of hydrogen-bond acceptors (Lipinski definition) is 1. The molecule has 12 heavy (non-hydrogen) atoms. The molecule has 0 aromatic carbocycles. The highest BCUT2D eigenvalue weighted by Crippen LogP contribution is 2.12. The van der Waals surface area contributed by atoms with Crippen molar-refractivity contribution in [1.82, 2.24) is 9.55 Å². The zero-order valence-electron chi connectivity index (χ0n) is 7.73. The molecule has 1 aromatic heterocycles. The lowest BCUT2D eigenvalue weighted by Crippen LogP contribution is -2.01. The van der Waals surface area contributed by atoms with Crippen LogP contribution in [-0.4, -0.2) is 9.55 Å². The SMILES string of the molecule is CCCCC(C)n1ccnc1.Cl. The first-order chi connectivity index (χ1) is 5.34. The van der Waals surface area contributed by atoms with Gasteiger partial charge in [0.2, 0.25) is 0 Å². The van der Waals surface area contributed by atoms with Crippen LogP contribution in [0.1, 0.15) is 39.2 Å². The fourth-order valence-electron chi connectivity index (χ4n) is 1.18. The Kier molecular flexibility index (Phi) is 5.81. The molecular formula is C9H17ClN2. The smallest absolute Gasteiger partial charge is 0.0948 e. The van der Waals surface area contributed by atoms with Gasteiger partial charge < -0.3 is 4.57 Å². The quantitative estimate of drug-likeness (QED) is 0.710. The number of unbranched alkanes of at least 4 members (excludes halogenated alkanes) is 1. The van der Waals surface area contributed by atoms with Gasteiger partial charge in [0.1, 0.15) is 0 Å². The molecule has 1 unspecified atom stereocenters. The largest absolute Gasteiger partial charge is 0.335 e. The molecule has 3 heteroatoms. The van der Waals surface area contributed by atoms with Gasteiger partial charge in [0, 0.05) is 18.4 Å². The first kappa shape index (κ1) is 11.5. The van der Waals surface area contributed by atoms with Crippen molar-refractivity contribution >= 4 is 12.4 Å². The van der Waals surface area contributed by atoms with E-state index in [1.54, 1.807) is 0 Å². The molecule has 2 nitrogen and oxygen atoms in total. The van der Waals surface area contributed by atoms with Crippen LogP contribution in [0.25, 0.3) is 0 Å². The Morgan fingerprint density at radius 1 is 1.50 bits per heavy atom. The van der Waals surface area contributed by atoms with Crippen LogP contribution in [0.4, 0.5) is 0 Å². The van der Waals surface area contributed by atoms with Crippen LogP contribution in [0.2, 0.25) is 0 Å². The minimum Gasteiger partial charge on any atom is -0.335 e. The van der Waals surface area contributed by atoms with Crippen molar-refractivity contribution < 1.29 is 0 Å². The van der Waals surface area contributed by atoms with E-state index in [4.69, 9.17) is 0 Å². The number of imidazole rings is 1. The molecule has 0 aliphatic carbocycles. The average molecular weight is 189 g/mol. The van der Waals surface area contributed by atoms with E-state index >= 15 is 0 Å². The zero-order chi connectivity index (χ0) is 8.10. The second-order valence-electron chi connectivity index (χ2n) is 3.00. The summed E-state index contributed by atoms with van der Waals surface area (Å²) in [4.78, 5) is 4.01. The summed E-state index contributed by atoms with van der Waals surface area (Å²) in [7, 11) is 0. The third kappa shape index (κ3) is 3.26. The molecule has 0 saturated heterocycles. The first-order valence-corrected chi connectivity index (χ1v) is 4.32. The predicted molar refractivity (Wildman–Crippen MR) is 53.7 cm³/mol. The summed E-state index contributed by atoms with van der Waals surface area (Å²) >= 11 is 0. The molecule has 0 bridgehead atoms. The van der Waals surface area contributed by atoms with Gasteiger partial charge in [-0.25, -0.2) is 4.98 Å². The van der Waals surface area contributed by atoms with Gasteiger partial charge in [0.25, 0.3) is 0 Å². The van der Waals surface area contributed by atoms with E-state index < -0.39 is 0 Å². The Labute approximate surface area is 80.4 Å². The number of rotatable bonds is 4. The van der Waals surface area contributed by atoms with Crippen LogP contribution in [0.15, 0.2) is 18.7 Å². The van der Waals surface area contributed by atoms with Gasteiger partial charge in [-0.2, -0.15) is 0 Å². The second-order valence-corrected chi connectivity index (χ2v) is 3.00. The van der Waals surface area contributed by atoms with Crippen LogP contribution in [-0.2, 0) is 0 Å². The Morgan fingerprint density at radius 3 is 2.75 bits per heavy atom. The minimum absolute atomic E-state index is 0. The van der Waals surface area contributed by atoms with Gasteiger partial charge >= 0.3 is 0 Å². The maximum absolute atomic E-state index is 4.01. The van der Waals surface area contributed by atoms with E-state index in [-0.39, 0.29) is 12.4 Å². The molecule has 1 aromatic rings. The fraction of sp³-hybridized carbons (Fsp3) is 0.667. The molecule has 0 saturated carbocycles. The van der Waals surface area contributed by atoms with Gasteiger partial charge in [0.15, 0.2) is 0 Å². The summed E-state index contributed by atoms with van der Waals surface area (Å²) < 4.78 is 2.16. The van der Waals surface area contributed by atoms with Crippen molar-refractivity contribution in [2.45, 2.75) is 39.2 Å². The molecule has 1 heterocycles. The van der Waals surface area contributed by atoms with Crippen molar-refractivity contribution in [2.24, 2.45) is 0 Å². The Morgan fingerprint density at radius 2 is 2.25 bits per heavy atom. The summed E-state index contributed by atoms with van der Waals surface area (Å²) in [5, 5.41) is 0. The fourth-order valence-corrected chi connectivity index (χ4v) is 1.18. The summed E-state index contributed by atoms with van der Waals surface area (Å²) in [6, 6.07) is 0.609. The van der Waals surface area contributed by atoms with E-state index in [0.717, 1.165) is 0 Å². The Hall–Kier alpha value is -0.500. The molecule has 0 aliphatic rings. The molecule has 0 amide bonds. The van der Waals surface area contributed by atoms with Gasteiger partial charge in [-0.1, -0.05) is 19.8 Å². The van der Waals surface area contributed by atoms with Crippen molar-refractivity contribution in [2.75, 3.05) is 0 Å². The third-order valence-corrected chi connectivity index (χ3v) is 2.01. The molecule has 0 N–H and O–H groups in total. The second kappa shape index (κ2) is 6.06. The maximum atomic E-state index is 4.01. The zero-order valence-corrected chi connectivity index (χ0v) is 8.55. The number of halogens is 1. The van der Waals surface area contributed by atoms with Crippen LogP contribution in [0.5, 0.6) is 0 Å². The Bertz CT molecular complexity index is 184. The van der Waals surface area contributed by atoms with Gasteiger partial charge in [-0.15, -0.1) is 12.4 Å². The van der Waals surface area contributed by atoms with E-state index in [9.17, 15) is 0 Å². The van der Waals surface area contributed by atoms with E-state index in [0.29, 0.717) is 6.04 Å². The Balaban J connectivity index is 0.00000121.